The zero-order valence-electron chi connectivity index (χ0n) is 17.0. The molecule has 1 aliphatic heterocycles. The average molecular weight is 412 g/mol. The van der Waals surface area contributed by atoms with E-state index in [1.54, 1.807) is 11.8 Å². The minimum absolute atomic E-state index is 0.0364. The summed E-state index contributed by atoms with van der Waals surface area (Å²) in [5, 5.41) is 8.04. The number of benzene rings is 1. The Balaban J connectivity index is 2.04. The normalized spacial score (nSPS) is 16.0. The van der Waals surface area contributed by atoms with Gasteiger partial charge in [-0.1, -0.05) is 0 Å². The molecule has 0 radical (unpaired) electrons. The molecule has 0 atom stereocenters. The molecule has 1 aromatic rings. The Kier molecular flexibility index (Phi) is 6.40. The first-order chi connectivity index (χ1) is 12.8. The molecule has 156 valence electrons. The number of carbonyl (C=O) groups is 2. The summed E-state index contributed by atoms with van der Waals surface area (Å²) in [6.07, 6.45) is 0.648. The van der Waals surface area contributed by atoms with Crippen LogP contribution in [0.15, 0.2) is 17.0 Å². The Morgan fingerprint density at radius 2 is 1.75 bits per heavy atom. The summed E-state index contributed by atoms with van der Waals surface area (Å²) in [5.41, 5.74) is 1.38. The zero-order chi connectivity index (χ0) is 21.3. The third-order valence-corrected chi connectivity index (χ3v) is 5.64. The number of piperidine rings is 1. The third kappa shape index (κ3) is 5.68. The van der Waals surface area contributed by atoms with E-state index in [2.05, 4.69) is 5.32 Å². The van der Waals surface area contributed by atoms with E-state index >= 15 is 0 Å². The summed E-state index contributed by atoms with van der Waals surface area (Å²) < 4.78 is 28.7. The van der Waals surface area contributed by atoms with Crippen LogP contribution in [0.25, 0.3) is 0 Å². The summed E-state index contributed by atoms with van der Waals surface area (Å²) in [4.78, 5) is 26.4. The molecule has 0 aromatic heterocycles. The molecule has 1 aromatic carbocycles. The molecule has 1 aliphatic rings. The van der Waals surface area contributed by atoms with E-state index in [0.29, 0.717) is 31.6 Å². The number of hydrogen-bond donors (Lipinski definition) is 2. The highest BCUT2D eigenvalue weighted by Gasteiger charge is 2.30. The first-order valence-corrected chi connectivity index (χ1v) is 10.8. The number of anilines is 1. The molecule has 1 heterocycles. The van der Waals surface area contributed by atoms with Gasteiger partial charge in [0.25, 0.3) is 0 Å². The number of amides is 2. The van der Waals surface area contributed by atoms with Gasteiger partial charge in [-0.05, 0) is 70.7 Å². The van der Waals surface area contributed by atoms with Gasteiger partial charge in [0.05, 0.1) is 4.90 Å². The van der Waals surface area contributed by atoms with E-state index in [1.807, 2.05) is 27.7 Å². The fourth-order valence-electron chi connectivity index (χ4n) is 3.01. The number of primary sulfonamides is 1. The highest BCUT2D eigenvalue weighted by molar-refractivity contribution is 7.89. The first kappa shape index (κ1) is 22.2. The summed E-state index contributed by atoms with van der Waals surface area (Å²) in [6, 6.07) is 2.87. The van der Waals surface area contributed by atoms with Gasteiger partial charge in [0.15, 0.2) is 0 Å². The number of nitrogens with zero attached hydrogens (tertiary/aromatic N) is 1. The molecule has 3 N–H and O–H groups in total. The molecular weight excluding hydrogens is 382 g/mol. The van der Waals surface area contributed by atoms with E-state index in [1.165, 1.54) is 12.1 Å². The Bertz CT molecular complexity index is 866. The highest BCUT2D eigenvalue weighted by atomic mass is 32.2. The molecule has 2 amide bonds. The lowest BCUT2D eigenvalue weighted by atomic mass is 9.95. The second-order valence-corrected chi connectivity index (χ2v) is 9.75. The molecule has 1 fully saturated rings. The van der Waals surface area contributed by atoms with Crippen molar-refractivity contribution in [2.24, 2.45) is 11.1 Å². The fraction of sp³-hybridized carbons (Fsp3) is 0.579. The fourth-order valence-corrected chi connectivity index (χ4v) is 3.63. The van der Waals surface area contributed by atoms with Crippen LogP contribution in [0.4, 0.5) is 10.5 Å². The maximum atomic E-state index is 12.7. The minimum Gasteiger partial charge on any atom is -0.444 e. The lowest BCUT2D eigenvalue weighted by Gasteiger charge is -2.33. The van der Waals surface area contributed by atoms with Crippen LogP contribution in [0.5, 0.6) is 0 Å². The highest BCUT2D eigenvalue weighted by Crippen LogP contribution is 2.26. The molecule has 1 saturated heterocycles. The van der Waals surface area contributed by atoms with Crippen LogP contribution in [-0.4, -0.2) is 44.0 Å². The zero-order valence-corrected chi connectivity index (χ0v) is 17.9. The molecule has 2 rings (SSSR count). The van der Waals surface area contributed by atoms with Crippen LogP contribution in [0.1, 0.15) is 44.7 Å². The van der Waals surface area contributed by atoms with E-state index in [9.17, 15) is 18.0 Å². The number of nitrogens with two attached hydrogens (primary N) is 1. The number of hydrogen-bond acceptors (Lipinski definition) is 5. The van der Waals surface area contributed by atoms with E-state index in [-0.39, 0.29) is 22.8 Å². The van der Waals surface area contributed by atoms with Crippen LogP contribution in [-0.2, 0) is 19.6 Å². The van der Waals surface area contributed by atoms with Crippen molar-refractivity contribution >= 4 is 27.7 Å². The molecule has 8 nitrogen and oxygen atoms in total. The van der Waals surface area contributed by atoms with Crippen LogP contribution in [0.3, 0.4) is 0 Å². The van der Waals surface area contributed by atoms with Gasteiger partial charge in [-0.25, -0.2) is 18.4 Å². The van der Waals surface area contributed by atoms with Gasteiger partial charge in [0.2, 0.25) is 15.9 Å². The molecule has 9 heteroatoms. The maximum Gasteiger partial charge on any atom is 0.410 e. The smallest absolute Gasteiger partial charge is 0.410 e. The third-order valence-electron chi connectivity index (χ3n) is 4.74. The minimum atomic E-state index is -3.87. The Hall–Kier alpha value is -2.13. The second kappa shape index (κ2) is 8.08. The Morgan fingerprint density at radius 3 is 2.25 bits per heavy atom. The van der Waals surface area contributed by atoms with Gasteiger partial charge in [0, 0.05) is 24.7 Å². The van der Waals surface area contributed by atoms with Crippen molar-refractivity contribution in [3.05, 3.63) is 23.3 Å². The van der Waals surface area contributed by atoms with Gasteiger partial charge in [-0.15, -0.1) is 0 Å². The number of aryl methyl sites for hydroxylation is 1. The largest absolute Gasteiger partial charge is 0.444 e. The standard InChI is InChI=1S/C19H29N3O5S/c1-12-10-15(28(20,25)26)11-16(13(12)2)21-17(23)14-6-8-22(9-7-14)18(24)27-19(3,4)5/h10-11,14H,6-9H2,1-5H3,(H,21,23)(H2,20,25,26). The predicted octanol–water partition coefficient (Wildman–Crippen LogP) is 2.54. The molecule has 0 spiro atoms. The predicted molar refractivity (Wildman–Crippen MR) is 106 cm³/mol. The number of sulfonamides is 1. The lowest BCUT2D eigenvalue weighted by molar-refractivity contribution is -0.121. The van der Waals surface area contributed by atoms with Gasteiger partial charge in [-0.3, -0.25) is 4.79 Å². The van der Waals surface area contributed by atoms with Crippen LogP contribution in [0, 0.1) is 19.8 Å². The van der Waals surface area contributed by atoms with Gasteiger partial charge in [0.1, 0.15) is 5.60 Å². The Labute approximate surface area is 166 Å². The quantitative estimate of drug-likeness (QED) is 0.792. The van der Waals surface area contributed by atoms with Crippen molar-refractivity contribution in [2.75, 3.05) is 18.4 Å². The molecule has 0 aliphatic carbocycles. The van der Waals surface area contributed by atoms with Crippen LogP contribution >= 0.6 is 0 Å². The SMILES string of the molecule is Cc1cc(S(N)(=O)=O)cc(NC(=O)C2CCN(C(=O)OC(C)(C)C)CC2)c1C. The van der Waals surface area contributed by atoms with Crippen molar-refractivity contribution in [1.82, 2.24) is 4.90 Å². The van der Waals surface area contributed by atoms with Gasteiger partial charge in [-0.2, -0.15) is 0 Å². The number of ether oxygens (including phenoxy) is 1. The number of rotatable bonds is 3. The summed E-state index contributed by atoms with van der Waals surface area (Å²) >= 11 is 0. The van der Waals surface area contributed by atoms with E-state index in [4.69, 9.17) is 9.88 Å². The molecule has 0 unspecified atom stereocenters. The maximum absolute atomic E-state index is 12.7. The van der Waals surface area contributed by atoms with Crippen molar-refractivity contribution in [3.8, 4) is 0 Å². The Morgan fingerprint density at radius 1 is 1.18 bits per heavy atom. The van der Waals surface area contributed by atoms with E-state index < -0.39 is 15.6 Å². The molecule has 0 bridgehead atoms. The topological polar surface area (TPSA) is 119 Å². The molecule has 0 saturated carbocycles. The summed E-state index contributed by atoms with van der Waals surface area (Å²) in [6.45, 7) is 9.87. The lowest BCUT2D eigenvalue weighted by Crippen LogP contribution is -2.43. The summed E-state index contributed by atoms with van der Waals surface area (Å²) in [7, 11) is -3.87. The first-order valence-electron chi connectivity index (χ1n) is 9.21. The second-order valence-electron chi connectivity index (χ2n) is 8.19. The van der Waals surface area contributed by atoms with Crippen molar-refractivity contribution in [3.63, 3.8) is 0 Å². The van der Waals surface area contributed by atoms with Crippen molar-refractivity contribution in [2.45, 2.75) is 58.0 Å². The van der Waals surface area contributed by atoms with Gasteiger partial charge >= 0.3 is 6.09 Å². The molecular formula is C19H29N3O5S. The number of carbonyl (C=O) groups excluding carboxylic acids is 2. The average Bonchev–Trinajstić information content (AvgIpc) is 2.56. The number of likely N-dealkylation sites (tertiary alicyclic amines) is 1. The van der Waals surface area contributed by atoms with Crippen LogP contribution < -0.4 is 10.5 Å². The molecule has 28 heavy (non-hydrogen) atoms. The van der Waals surface area contributed by atoms with Crippen molar-refractivity contribution in [1.29, 1.82) is 0 Å². The van der Waals surface area contributed by atoms with E-state index in [0.717, 1.165) is 11.1 Å². The monoisotopic (exact) mass is 411 g/mol. The van der Waals surface area contributed by atoms with Crippen LogP contribution in [0.2, 0.25) is 0 Å². The number of nitrogens with one attached hydrogen (secondary N) is 1. The van der Waals surface area contributed by atoms with Gasteiger partial charge < -0.3 is 15.0 Å². The summed E-state index contributed by atoms with van der Waals surface area (Å²) in [5.74, 6) is -0.463. The van der Waals surface area contributed by atoms with Crippen molar-refractivity contribution < 1.29 is 22.7 Å².